The van der Waals surface area contributed by atoms with Crippen LogP contribution in [-0.4, -0.2) is 37.2 Å². The Bertz CT molecular complexity index is 870. The van der Waals surface area contributed by atoms with Gasteiger partial charge in [-0.15, -0.1) is 0 Å². The van der Waals surface area contributed by atoms with Crippen molar-refractivity contribution in [3.05, 3.63) is 12.2 Å². The number of ether oxygens (including phenoxy) is 3. The molecule has 0 heterocycles. The number of allylic oxidation sites excluding steroid dienone is 2. The number of carbonyl (C=O) groups is 3. The van der Waals surface area contributed by atoms with Crippen LogP contribution < -0.4 is 0 Å². The highest BCUT2D eigenvalue weighted by atomic mass is 16.6. The van der Waals surface area contributed by atoms with Crippen molar-refractivity contribution < 1.29 is 28.6 Å². The maximum atomic E-state index is 12.7. The van der Waals surface area contributed by atoms with Crippen molar-refractivity contribution in [2.24, 2.45) is 0 Å². The van der Waals surface area contributed by atoms with Crippen molar-refractivity contribution in [1.29, 1.82) is 0 Å². The predicted molar refractivity (Wildman–Crippen MR) is 238 cm³/mol. The van der Waals surface area contributed by atoms with Crippen molar-refractivity contribution >= 4 is 17.9 Å². The van der Waals surface area contributed by atoms with Crippen LogP contribution in [0.4, 0.5) is 0 Å². The van der Waals surface area contributed by atoms with Crippen LogP contribution in [0.1, 0.15) is 271 Å². The molecular formula is C50H94O6. The second-order valence-corrected chi connectivity index (χ2v) is 16.7. The summed E-state index contributed by atoms with van der Waals surface area (Å²) < 4.78 is 16.8. The van der Waals surface area contributed by atoms with E-state index in [9.17, 15) is 14.4 Å². The Hall–Kier alpha value is -1.85. The fourth-order valence-corrected chi connectivity index (χ4v) is 7.26. The molecule has 0 spiro atoms. The van der Waals surface area contributed by atoms with Gasteiger partial charge in [0, 0.05) is 19.3 Å². The van der Waals surface area contributed by atoms with Gasteiger partial charge in [-0.25, -0.2) is 0 Å². The second kappa shape index (κ2) is 45.8. The molecule has 6 nitrogen and oxygen atoms in total. The highest BCUT2D eigenvalue weighted by molar-refractivity contribution is 5.71. The van der Waals surface area contributed by atoms with E-state index in [0.717, 1.165) is 64.2 Å². The predicted octanol–water partition coefficient (Wildman–Crippen LogP) is 15.8. The fraction of sp³-hybridized carbons (Fsp3) is 0.900. The number of rotatable bonds is 45. The third-order valence-corrected chi connectivity index (χ3v) is 11.0. The largest absolute Gasteiger partial charge is 0.462 e. The van der Waals surface area contributed by atoms with Gasteiger partial charge in [0.2, 0.25) is 0 Å². The molecule has 0 aliphatic carbocycles. The van der Waals surface area contributed by atoms with E-state index in [1.807, 2.05) is 0 Å². The summed E-state index contributed by atoms with van der Waals surface area (Å²) in [6.07, 6.45) is 49.0. The molecule has 0 amide bonds. The van der Waals surface area contributed by atoms with Crippen LogP contribution in [0.15, 0.2) is 12.2 Å². The smallest absolute Gasteiger partial charge is 0.306 e. The van der Waals surface area contributed by atoms with Gasteiger partial charge in [-0.1, -0.05) is 219 Å². The number of hydrogen-bond acceptors (Lipinski definition) is 6. The van der Waals surface area contributed by atoms with E-state index < -0.39 is 6.10 Å². The molecule has 0 rings (SSSR count). The standard InChI is InChI=1S/C50H94O6/c1-4-7-10-13-16-19-22-25-28-31-34-37-40-43-49(52)55-46-47(45-54-48(51)42-39-36-33-30-27-24-21-18-15-12-9-6-3)56-50(53)44-41-38-35-32-29-26-23-20-17-14-11-8-5-2/h19,22,47H,4-18,20-21,23-46H2,1-3H3/b22-19-/t47-/m1/s1. The third-order valence-electron chi connectivity index (χ3n) is 11.0. The minimum absolute atomic E-state index is 0.0676. The van der Waals surface area contributed by atoms with E-state index in [4.69, 9.17) is 14.2 Å². The molecule has 0 aromatic rings. The normalized spacial score (nSPS) is 12.0. The summed E-state index contributed by atoms with van der Waals surface area (Å²) in [7, 11) is 0. The lowest BCUT2D eigenvalue weighted by atomic mass is 10.0. The summed E-state index contributed by atoms with van der Waals surface area (Å²) in [4.78, 5) is 37.8. The maximum Gasteiger partial charge on any atom is 0.306 e. The van der Waals surface area contributed by atoms with Crippen LogP contribution in [0.2, 0.25) is 0 Å². The van der Waals surface area contributed by atoms with E-state index in [0.29, 0.717) is 19.3 Å². The Labute approximate surface area is 348 Å². The first kappa shape index (κ1) is 54.2. The van der Waals surface area contributed by atoms with Gasteiger partial charge in [0.05, 0.1) is 0 Å². The molecule has 0 fully saturated rings. The SMILES string of the molecule is CCCCCC/C=C\CCCCCCCC(=O)OC[C@@H](COC(=O)CCCCCCCCCCCCCC)OC(=O)CCCCCCCCCCCCCCC. The van der Waals surface area contributed by atoms with Crippen molar-refractivity contribution in [2.75, 3.05) is 13.2 Å². The average molecular weight is 791 g/mol. The van der Waals surface area contributed by atoms with Gasteiger partial charge < -0.3 is 14.2 Å². The number of carbonyl (C=O) groups excluding carboxylic acids is 3. The molecule has 0 saturated heterocycles. The molecule has 0 N–H and O–H groups in total. The summed E-state index contributed by atoms with van der Waals surface area (Å²) in [6.45, 7) is 6.63. The molecule has 0 unspecified atom stereocenters. The summed E-state index contributed by atoms with van der Waals surface area (Å²) in [6, 6.07) is 0. The van der Waals surface area contributed by atoms with Gasteiger partial charge in [-0.3, -0.25) is 14.4 Å². The molecule has 0 aliphatic rings. The Balaban J connectivity index is 4.34. The number of esters is 3. The Morgan fingerprint density at radius 2 is 0.589 bits per heavy atom. The molecular weight excluding hydrogens is 697 g/mol. The van der Waals surface area contributed by atoms with Crippen molar-refractivity contribution in [1.82, 2.24) is 0 Å². The van der Waals surface area contributed by atoms with Gasteiger partial charge in [0.1, 0.15) is 13.2 Å². The quantitative estimate of drug-likeness (QED) is 0.0264. The lowest BCUT2D eigenvalue weighted by Gasteiger charge is -2.18. The molecule has 330 valence electrons. The second-order valence-electron chi connectivity index (χ2n) is 16.7. The molecule has 6 heteroatoms. The average Bonchev–Trinajstić information content (AvgIpc) is 3.19. The zero-order valence-electron chi connectivity index (χ0n) is 37.7. The van der Waals surface area contributed by atoms with E-state index in [1.165, 1.54) is 167 Å². The van der Waals surface area contributed by atoms with Crippen LogP contribution in [0, 0.1) is 0 Å². The third kappa shape index (κ3) is 43.3. The van der Waals surface area contributed by atoms with Crippen LogP contribution in [0.25, 0.3) is 0 Å². The highest BCUT2D eigenvalue weighted by Crippen LogP contribution is 2.16. The molecule has 0 aliphatic heterocycles. The summed E-state index contributed by atoms with van der Waals surface area (Å²) in [5, 5.41) is 0. The molecule has 0 bridgehead atoms. The molecule has 0 aromatic carbocycles. The lowest BCUT2D eigenvalue weighted by molar-refractivity contribution is -0.167. The zero-order valence-corrected chi connectivity index (χ0v) is 37.7. The van der Waals surface area contributed by atoms with Crippen LogP contribution in [0.3, 0.4) is 0 Å². The molecule has 56 heavy (non-hydrogen) atoms. The minimum Gasteiger partial charge on any atom is -0.462 e. The van der Waals surface area contributed by atoms with Gasteiger partial charge in [-0.05, 0) is 44.9 Å². The Kier molecular flexibility index (Phi) is 44.3. The first-order chi connectivity index (χ1) is 27.5. The van der Waals surface area contributed by atoms with Crippen LogP contribution >= 0.6 is 0 Å². The first-order valence-corrected chi connectivity index (χ1v) is 24.7. The van der Waals surface area contributed by atoms with Crippen molar-refractivity contribution in [2.45, 2.75) is 277 Å². The molecule has 0 radical (unpaired) electrons. The first-order valence-electron chi connectivity index (χ1n) is 24.7. The van der Waals surface area contributed by atoms with Crippen LogP contribution in [0.5, 0.6) is 0 Å². The number of unbranched alkanes of at least 4 members (excludes halogenated alkanes) is 32. The maximum absolute atomic E-state index is 12.7. The fourth-order valence-electron chi connectivity index (χ4n) is 7.26. The monoisotopic (exact) mass is 791 g/mol. The summed E-state index contributed by atoms with van der Waals surface area (Å²) in [5.41, 5.74) is 0. The van der Waals surface area contributed by atoms with Crippen LogP contribution in [-0.2, 0) is 28.6 Å². The van der Waals surface area contributed by atoms with Crippen molar-refractivity contribution in [3.63, 3.8) is 0 Å². The summed E-state index contributed by atoms with van der Waals surface area (Å²) >= 11 is 0. The zero-order chi connectivity index (χ0) is 40.8. The van der Waals surface area contributed by atoms with Gasteiger partial charge in [-0.2, -0.15) is 0 Å². The van der Waals surface area contributed by atoms with Gasteiger partial charge >= 0.3 is 17.9 Å². The topological polar surface area (TPSA) is 78.9 Å². The summed E-state index contributed by atoms with van der Waals surface area (Å²) in [5.74, 6) is -0.864. The Morgan fingerprint density at radius 3 is 0.911 bits per heavy atom. The van der Waals surface area contributed by atoms with Gasteiger partial charge in [0.25, 0.3) is 0 Å². The van der Waals surface area contributed by atoms with Gasteiger partial charge in [0.15, 0.2) is 6.10 Å². The molecule has 0 aromatic heterocycles. The van der Waals surface area contributed by atoms with Crippen molar-refractivity contribution in [3.8, 4) is 0 Å². The molecule has 0 saturated carbocycles. The number of hydrogen-bond donors (Lipinski definition) is 0. The highest BCUT2D eigenvalue weighted by Gasteiger charge is 2.19. The van der Waals surface area contributed by atoms with E-state index >= 15 is 0 Å². The van der Waals surface area contributed by atoms with E-state index in [2.05, 4.69) is 32.9 Å². The Morgan fingerprint density at radius 1 is 0.339 bits per heavy atom. The lowest BCUT2D eigenvalue weighted by Crippen LogP contribution is -2.30. The van der Waals surface area contributed by atoms with E-state index in [1.54, 1.807) is 0 Å². The molecule has 1 atom stereocenters. The minimum atomic E-state index is -0.765. The van der Waals surface area contributed by atoms with E-state index in [-0.39, 0.29) is 31.1 Å².